The SMILES string of the molecule is O=C(CCc1c(Cl)cccc1Cl)NCc1ccnc(-c2ccco2)c1. The third-order valence-electron chi connectivity index (χ3n) is 3.75. The van der Waals surface area contributed by atoms with Crippen molar-refractivity contribution in [2.75, 3.05) is 0 Å². The molecule has 0 aliphatic carbocycles. The Kier molecular flexibility index (Phi) is 5.74. The van der Waals surface area contributed by atoms with E-state index in [1.807, 2.05) is 24.3 Å². The first-order valence-electron chi connectivity index (χ1n) is 7.82. The van der Waals surface area contributed by atoms with Gasteiger partial charge < -0.3 is 9.73 Å². The first kappa shape index (κ1) is 17.5. The van der Waals surface area contributed by atoms with Crippen LogP contribution in [0.2, 0.25) is 10.0 Å². The average Bonchev–Trinajstić information content (AvgIpc) is 3.14. The maximum atomic E-state index is 12.1. The van der Waals surface area contributed by atoms with E-state index in [9.17, 15) is 4.79 Å². The maximum absolute atomic E-state index is 12.1. The summed E-state index contributed by atoms with van der Waals surface area (Å²) in [6.45, 7) is 0.422. The number of nitrogens with zero attached hydrogens (tertiary/aromatic N) is 1. The van der Waals surface area contributed by atoms with Gasteiger partial charge in [-0.1, -0.05) is 29.3 Å². The number of furan rings is 1. The number of aromatic nitrogens is 1. The number of hydrogen-bond acceptors (Lipinski definition) is 3. The fourth-order valence-electron chi connectivity index (χ4n) is 2.44. The predicted molar refractivity (Wildman–Crippen MR) is 98.6 cm³/mol. The molecule has 4 nitrogen and oxygen atoms in total. The molecule has 0 saturated carbocycles. The number of amides is 1. The summed E-state index contributed by atoms with van der Waals surface area (Å²) in [5.41, 5.74) is 2.48. The molecular formula is C19H16Cl2N2O2. The second-order valence-corrected chi connectivity index (χ2v) is 6.32. The minimum atomic E-state index is -0.0626. The Bertz CT molecular complexity index is 843. The van der Waals surface area contributed by atoms with Gasteiger partial charge in [0, 0.05) is 29.2 Å². The predicted octanol–water partition coefficient (Wildman–Crippen LogP) is 4.90. The summed E-state index contributed by atoms with van der Waals surface area (Å²) in [7, 11) is 0. The molecule has 1 amide bonds. The number of hydrogen-bond donors (Lipinski definition) is 1. The highest BCUT2D eigenvalue weighted by Gasteiger charge is 2.09. The Morgan fingerprint density at radius 2 is 1.92 bits per heavy atom. The van der Waals surface area contributed by atoms with Crippen LogP contribution < -0.4 is 5.32 Å². The molecule has 0 atom stereocenters. The van der Waals surface area contributed by atoms with E-state index < -0.39 is 0 Å². The van der Waals surface area contributed by atoms with E-state index in [1.165, 1.54) is 0 Å². The normalized spacial score (nSPS) is 10.6. The minimum Gasteiger partial charge on any atom is -0.463 e. The first-order chi connectivity index (χ1) is 12.1. The van der Waals surface area contributed by atoms with Gasteiger partial charge in [-0.25, -0.2) is 0 Å². The molecule has 2 heterocycles. The summed E-state index contributed by atoms with van der Waals surface area (Å²) in [5, 5.41) is 4.06. The fourth-order valence-corrected chi connectivity index (χ4v) is 3.03. The number of carbonyl (C=O) groups is 1. The Morgan fingerprint density at radius 1 is 1.12 bits per heavy atom. The van der Waals surface area contributed by atoms with Crippen molar-refractivity contribution in [3.63, 3.8) is 0 Å². The zero-order chi connectivity index (χ0) is 17.6. The standard InChI is InChI=1S/C19H16Cl2N2O2/c20-15-3-1-4-16(21)14(15)6-7-19(24)23-12-13-8-9-22-17(11-13)18-5-2-10-25-18/h1-5,8-11H,6-7,12H2,(H,23,24). The van der Waals surface area contributed by atoms with Crippen LogP contribution >= 0.6 is 23.2 Å². The summed E-state index contributed by atoms with van der Waals surface area (Å²) in [6, 6.07) is 12.7. The molecule has 3 rings (SSSR count). The van der Waals surface area contributed by atoms with Gasteiger partial charge in [0.05, 0.1) is 6.26 Å². The summed E-state index contributed by atoms with van der Waals surface area (Å²) < 4.78 is 5.34. The average molecular weight is 375 g/mol. The van der Waals surface area contributed by atoms with E-state index in [-0.39, 0.29) is 5.91 Å². The molecular weight excluding hydrogens is 359 g/mol. The highest BCUT2D eigenvalue weighted by Crippen LogP contribution is 2.25. The van der Waals surface area contributed by atoms with E-state index in [4.69, 9.17) is 27.6 Å². The second-order valence-electron chi connectivity index (χ2n) is 5.50. The lowest BCUT2D eigenvalue weighted by molar-refractivity contribution is -0.121. The van der Waals surface area contributed by atoms with Crippen LogP contribution in [-0.2, 0) is 17.8 Å². The van der Waals surface area contributed by atoms with Gasteiger partial charge in [0.25, 0.3) is 0 Å². The molecule has 0 saturated heterocycles. The van der Waals surface area contributed by atoms with Crippen LogP contribution in [0.15, 0.2) is 59.3 Å². The molecule has 3 aromatic rings. The molecule has 0 aliphatic heterocycles. The lowest BCUT2D eigenvalue weighted by Crippen LogP contribution is -2.23. The molecule has 0 unspecified atom stereocenters. The van der Waals surface area contributed by atoms with Crippen molar-refractivity contribution in [2.24, 2.45) is 0 Å². The Labute approximate surface area is 155 Å². The molecule has 0 aliphatic rings. The Hall–Kier alpha value is -2.30. The highest BCUT2D eigenvalue weighted by molar-refractivity contribution is 6.36. The van der Waals surface area contributed by atoms with Gasteiger partial charge in [-0.15, -0.1) is 0 Å². The van der Waals surface area contributed by atoms with Crippen molar-refractivity contribution in [3.05, 3.63) is 76.1 Å². The molecule has 0 fully saturated rings. The van der Waals surface area contributed by atoms with Gasteiger partial charge in [0.15, 0.2) is 5.76 Å². The Morgan fingerprint density at radius 3 is 2.64 bits per heavy atom. The molecule has 0 bridgehead atoms. The van der Waals surface area contributed by atoms with Crippen LogP contribution in [0.25, 0.3) is 11.5 Å². The molecule has 25 heavy (non-hydrogen) atoms. The summed E-state index contributed by atoms with van der Waals surface area (Å²) in [6.07, 6.45) is 4.12. The van der Waals surface area contributed by atoms with Crippen molar-refractivity contribution < 1.29 is 9.21 Å². The molecule has 0 radical (unpaired) electrons. The number of benzene rings is 1. The number of rotatable bonds is 6. The lowest BCUT2D eigenvalue weighted by atomic mass is 10.1. The van der Waals surface area contributed by atoms with E-state index in [1.54, 1.807) is 30.7 Å². The first-order valence-corrected chi connectivity index (χ1v) is 8.57. The fraction of sp³-hybridized carbons (Fsp3) is 0.158. The molecule has 1 aromatic carbocycles. The van der Waals surface area contributed by atoms with Crippen molar-refractivity contribution in [1.29, 1.82) is 0 Å². The third kappa shape index (κ3) is 4.62. The van der Waals surface area contributed by atoms with E-state index in [0.717, 1.165) is 16.8 Å². The number of halogens is 2. The number of nitrogens with one attached hydrogen (secondary N) is 1. The van der Waals surface area contributed by atoms with Crippen molar-refractivity contribution in [2.45, 2.75) is 19.4 Å². The molecule has 0 spiro atoms. The topological polar surface area (TPSA) is 55.1 Å². The van der Waals surface area contributed by atoms with E-state index in [0.29, 0.717) is 35.2 Å². The van der Waals surface area contributed by atoms with Crippen molar-refractivity contribution in [3.8, 4) is 11.5 Å². The summed E-state index contributed by atoms with van der Waals surface area (Å²) in [4.78, 5) is 16.4. The van der Waals surface area contributed by atoms with Crippen LogP contribution in [0.5, 0.6) is 0 Å². The van der Waals surface area contributed by atoms with E-state index in [2.05, 4.69) is 10.3 Å². The smallest absolute Gasteiger partial charge is 0.220 e. The lowest BCUT2D eigenvalue weighted by Gasteiger charge is -2.08. The molecule has 2 aromatic heterocycles. The largest absolute Gasteiger partial charge is 0.463 e. The van der Waals surface area contributed by atoms with Crippen LogP contribution in [0.4, 0.5) is 0 Å². The molecule has 6 heteroatoms. The van der Waals surface area contributed by atoms with Crippen LogP contribution in [-0.4, -0.2) is 10.9 Å². The molecule has 128 valence electrons. The van der Waals surface area contributed by atoms with Crippen LogP contribution in [0, 0.1) is 0 Å². The summed E-state index contributed by atoms with van der Waals surface area (Å²) >= 11 is 12.2. The number of carbonyl (C=O) groups excluding carboxylic acids is 1. The number of pyridine rings is 1. The van der Waals surface area contributed by atoms with Crippen molar-refractivity contribution >= 4 is 29.1 Å². The quantitative estimate of drug-likeness (QED) is 0.667. The monoisotopic (exact) mass is 374 g/mol. The second kappa shape index (κ2) is 8.19. The van der Waals surface area contributed by atoms with Gasteiger partial charge in [-0.3, -0.25) is 9.78 Å². The van der Waals surface area contributed by atoms with Crippen LogP contribution in [0.3, 0.4) is 0 Å². The van der Waals surface area contributed by atoms with Gasteiger partial charge in [-0.2, -0.15) is 0 Å². The van der Waals surface area contributed by atoms with Gasteiger partial charge in [0.2, 0.25) is 5.91 Å². The van der Waals surface area contributed by atoms with Gasteiger partial charge in [0.1, 0.15) is 5.69 Å². The zero-order valence-corrected chi connectivity index (χ0v) is 14.8. The van der Waals surface area contributed by atoms with Crippen LogP contribution in [0.1, 0.15) is 17.5 Å². The zero-order valence-electron chi connectivity index (χ0n) is 13.3. The highest BCUT2D eigenvalue weighted by atomic mass is 35.5. The van der Waals surface area contributed by atoms with E-state index >= 15 is 0 Å². The third-order valence-corrected chi connectivity index (χ3v) is 4.46. The van der Waals surface area contributed by atoms with Gasteiger partial charge in [-0.05, 0) is 53.9 Å². The van der Waals surface area contributed by atoms with Crippen molar-refractivity contribution in [1.82, 2.24) is 10.3 Å². The van der Waals surface area contributed by atoms with Gasteiger partial charge >= 0.3 is 0 Å². The Balaban J connectivity index is 1.55. The maximum Gasteiger partial charge on any atom is 0.220 e. The summed E-state index contributed by atoms with van der Waals surface area (Å²) in [5.74, 6) is 0.633. The minimum absolute atomic E-state index is 0.0626. The molecule has 1 N–H and O–H groups in total.